The first-order valence-electron chi connectivity index (χ1n) is 12.1. The Kier molecular flexibility index (Phi) is 6.22. The first-order chi connectivity index (χ1) is 16.5. The Morgan fingerprint density at radius 2 is 1.65 bits per heavy atom. The first-order valence-corrected chi connectivity index (χ1v) is 12.1. The minimum Gasteiger partial charge on any atom is -0.358 e. The average molecular weight is 465 g/mol. The van der Waals surface area contributed by atoms with Crippen molar-refractivity contribution in [3.05, 3.63) is 53.8 Å². The summed E-state index contributed by atoms with van der Waals surface area (Å²) in [6, 6.07) is 10.7. The van der Waals surface area contributed by atoms with Crippen molar-refractivity contribution in [2.24, 2.45) is 0 Å². The highest BCUT2D eigenvalue weighted by molar-refractivity contribution is 6.11. The van der Waals surface area contributed by atoms with E-state index in [0.717, 1.165) is 63.8 Å². The molecular formula is C26H29FN4O3. The van der Waals surface area contributed by atoms with Gasteiger partial charge in [-0.2, -0.15) is 0 Å². The number of nitrogens with one attached hydrogen (secondary N) is 1. The van der Waals surface area contributed by atoms with Crippen molar-refractivity contribution in [2.45, 2.75) is 44.6 Å². The second-order valence-corrected chi connectivity index (χ2v) is 9.24. The predicted octanol–water partition coefficient (Wildman–Crippen LogP) is 3.80. The molecule has 5 rings (SSSR count). The Morgan fingerprint density at radius 3 is 2.41 bits per heavy atom. The second kappa shape index (κ2) is 9.44. The molecule has 2 aromatic carbocycles. The van der Waals surface area contributed by atoms with E-state index in [1.165, 1.54) is 29.2 Å². The van der Waals surface area contributed by atoms with Gasteiger partial charge in [0.15, 0.2) is 0 Å². The van der Waals surface area contributed by atoms with Crippen LogP contribution >= 0.6 is 0 Å². The lowest BCUT2D eigenvalue weighted by atomic mass is 9.95. The van der Waals surface area contributed by atoms with E-state index in [9.17, 15) is 18.8 Å². The third-order valence-corrected chi connectivity index (χ3v) is 6.95. The lowest BCUT2D eigenvalue weighted by molar-refractivity contribution is -0.123. The molecule has 2 fully saturated rings. The Labute approximate surface area is 198 Å². The number of hydrogen-bond acceptors (Lipinski definition) is 4. The smallest absolute Gasteiger partial charge is 0.253 e. The zero-order chi connectivity index (χ0) is 23.7. The van der Waals surface area contributed by atoms with Gasteiger partial charge in [0.05, 0.1) is 11.4 Å². The number of halogens is 1. The molecule has 3 aliphatic rings. The molecule has 7 nitrogen and oxygen atoms in total. The van der Waals surface area contributed by atoms with E-state index in [2.05, 4.69) is 10.2 Å². The van der Waals surface area contributed by atoms with E-state index in [1.807, 2.05) is 17.0 Å². The van der Waals surface area contributed by atoms with E-state index >= 15 is 0 Å². The van der Waals surface area contributed by atoms with Crippen molar-refractivity contribution in [3.63, 3.8) is 0 Å². The van der Waals surface area contributed by atoms with Crippen LogP contribution in [0.4, 0.5) is 21.5 Å². The number of benzene rings is 2. The maximum Gasteiger partial charge on any atom is 0.253 e. The molecule has 1 atom stereocenters. The fourth-order valence-electron chi connectivity index (χ4n) is 5.21. The summed E-state index contributed by atoms with van der Waals surface area (Å²) in [5, 5.41) is 2.74. The average Bonchev–Trinajstić information content (AvgIpc) is 2.87. The zero-order valence-electron chi connectivity index (χ0n) is 19.1. The summed E-state index contributed by atoms with van der Waals surface area (Å²) in [4.78, 5) is 45.0. The molecule has 3 amide bonds. The Balaban J connectivity index is 1.44. The Bertz CT molecular complexity index is 1100. The first kappa shape index (κ1) is 22.4. The second-order valence-electron chi connectivity index (χ2n) is 9.24. The van der Waals surface area contributed by atoms with Crippen LogP contribution in [0.5, 0.6) is 0 Å². The Morgan fingerprint density at radius 1 is 0.912 bits per heavy atom. The molecule has 0 bridgehead atoms. The number of rotatable bonds is 4. The van der Waals surface area contributed by atoms with Crippen molar-refractivity contribution >= 4 is 34.8 Å². The molecule has 0 aromatic heterocycles. The van der Waals surface area contributed by atoms with Gasteiger partial charge in [0, 0.05) is 30.9 Å². The van der Waals surface area contributed by atoms with Gasteiger partial charge < -0.3 is 15.1 Å². The van der Waals surface area contributed by atoms with Crippen molar-refractivity contribution in [1.29, 1.82) is 0 Å². The highest BCUT2D eigenvalue weighted by atomic mass is 19.1. The highest BCUT2D eigenvalue weighted by Crippen LogP contribution is 2.40. The number of carbonyl (C=O) groups excluding carboxylic acids is 3. The minimum atomic E-state index is -0.388. The topological polar surface area (TPSA) is 73.0 Å². The van der Waals surface area contributed by atoms with Crippen LogP contribution in [0.3, 0.4) is 0 Å². The molecule has 2 aromatic rings. The molecule has 0 radical (unpaired) electrons. The molecule has 3 heterocycles. The van der Waals surface area contributed by atoms with Gasteiger partial charge in [-0.15, -0.1) is 0 Å². The van der Waals surface area contributed by atoms with Gasteiger partial charge in [0.1, 0.15) is 18.4 Å². The van der Waals surface area contributed by atoms with Crippen LogP contribution in [0.15, 0.2) is 42.5 Å². The number of piperidine rings is 2. The van der Waals surface area contributed by atoms with Crippen LogP contribution in [0.1, 0.15) is 48.9 Å². The number of nitrogens with zero attached hydrogens (tertiary/aromatic N) is 3. The van der Waals surface area contributed by atoms with Gasteiger partial charge in [-0.05, 0) is 81.0 Å². The van der Waals surface area contributed by atoms with Crippen molar-refractivity contribution < 1.29 is 18.8 Å². The molecule has 8 heteroatoms. The van der Waals surface area contributed by atoms with E-state index in [0.29, 0.717) is 16.9 Å². The zero-order valence-corrected chi connectivity index (χ0v) is 19.1. The van der Waals surface area contributed by atoms with Crippen molar-refractivity contribution in [1.82, 2.24) is 4.90 Å². The van der Waals surface area contributed by atoms with Crippen molar-refractivity contribution in [2.75, 3.05) is 41.3 Å². The summed E-state index contributed by atoms with van der Waals surface area (Å²) in [5.74, 6) is -0.917. The lowest BCUT2D eigenvalue weighted by Gasteiger charge is -2.45. The summed E-state index contributed by atoms with van der Waals surface area (Å²) in [6.45, 7) is 2.09. The van der Waals surface area contributed by atoms with Crippen LogP contribution < -0.4 is 15.1 Å². The van der Waals surface area contributed by atoms with Crippen LogP contribution in [0.2, 0.25) is 0 Å². The van der Waals surface area contributed by atoms with Crippen LogP contribution in [-0.2, 0) is 9.59 Å². The van der Waals surface area contributed by atoms with E-state index in [-0.39, 0.29) is 36.1 Å². The van der Waals surface area contributed by atoms with Gasteiger partial charge >= 0.3 is 0 Å². The van der Waals surface area contributed by atoms with E-state index < -0.39 is 0 Å². The fraction of sp³-hybridized carbons (Fsp3) is 0.423. The minimum absolute atomic E-state index is 0.0357. The van der Waals surface area contributed by atoms with E-state index in [1.54, 1.807) is 6.07 Å². The summed E-state index contributed by atoms with van der Waals surface area (Å²) in [6.07, 6.45) is 5.84. The normalized spacial score (nSPS) is 20.0. The third-order valence-electron chi connectivity index (χ3n) is 6.95. The number of amides is 3. The fourth-order valence-corrected chi connectivity index (χ4v) is 5.21. The standard InChI is InChI=1S/C26H29FN4O3/c27-19-8-10-20(11-9-19)28-24(32)17-31-23-16-18(25(33)29-13-3-1-4-14-29)7-12-21(23)30-15-5-2-6-22(30)26(31)34/h7-12,16,22H,1-6,13-15,17H2,(H,28,32). The number of hydrogen-bond donors (Lipinski definition) is 1. The molecule has 34 heavy (non-hydrogen) atoms. The van der Waals surface area contributed by atoms with Gasteiger partial charge in [0.2, 0.25) is 11.8 Å². The molecular weight excluding hydrogens is 435 g/mol. The summed E-state index contributed by atoms with van der Waals surface area (Å²) >= 11 is 0. The number of likely N-dealkylation sites (tertiary alicyclic amines) is 1. The number of anilines is 3. The van der Waals surface area contributed by atoms with E-state index in [4.69, 9.17) is 0 Å². The summed E-state index contributed by atoms with van der Waals surface area (Å²) in [5.41, 5.74) is 2.48. The van der Waals surface area contributed by atoms with Crippen LogP contribution in [-0.4, -0.2) is 54.8 Å². The molecule has 0 aliphatic carbocycles. The molecule has 2 saturated heterocycles. The van der Waals surface area contributed by atoms with Gasteiger partial charge in [-0.25, -0.2) is 4.39 Å². The third kappa shape index (κ3) is 4.36. The van der Waals surface area contributed by atoms with Crippen LogP contribution in [0, 0.1) is 5.82 Å². The monoisotopic (exact) mass is 464 g/mol. The molecule has 3 aliphatic heterocycles. The van der Waals surface area contributed by atoms with Crippen molar-refractivity contribution in [3.8, 4) is 0 Å². The maximum absolute atomic E-state index is 13.5. The summed E-state index contributed by atoms with van der Waals surface area (Å²) < 4.78 is 13.2. The highest BCUT2D eigenvalue weighted by Gasteiger charge is 2.40. The lowest BCUT2D eigenvalue weighted by Crippen LogP contribution is -2.56. The number of fused-ring (bicyclic) bond motifs is 3. The van der Waals surface area contributed by atoms with Gasteiger partial charge in [-0.1, -0.05) is 0 Å². The van der Waals surface area contributed by atoms with Crippen LogP contribution in [0.25, 0.3) is 0 Å². The Hall–Kier alpha value is -3.42. The molecule has 0 saturated carbocycles. The number of carbonyl (C=O) groups is 3. The predicted molar refractivity (Wildman–Crippen MR) is 129 cm³/mol. The SMILES string of the molecule is O=C(CN1C(=O)C2CCCCN2c2ccc(C(=O)N3CCCCC3)cc21)Nc1ccc(F)cc1. The maximum atomic E-state index is 13.5. The van der Waals surface area contributed by atoms with Gasteiger partial charge in [0.25, 0.3) is 5.91 Å². The summed E-state index contributed by atoms with van der Waals surface area (Å²) in [7, 11) is 0. The molecule has 0 spiro atoms. The molecule has 178 valence electrons. The van der Waals surface area contributed by atoms with Gasteiger partial charge in [-0.3, -0.25) is 19.3 Å². The molecule has 1 unspecified atom stereocenters. The quantitative estimate of drug-likeness (QED) is 0.747. The largest absolute Gasteiger partial charge is 0.358 e. The molecule has 1 N–H and O–H groups in total.